The van der Waals surface area contributed by atoms with Crippen LogP contribution in [0.2, 0.25) is 0 Å². The SMILES string of the molecule is CCC(CC)C(=O)Nc1ccc2c(c1)N(S(C)(=O)=O)CCC2. The number of benzene rings is 1. The number of sulfonamides is 1. The van der Waals surface area contributed by atoms with Crippen LogP contribution in [-0.2, 0) is 21.2 Å². The van der Waals surface area contributed by atoms with E-state index < -0.39 is 10.0 Å². The fraction of sp³-hybridized carbons (Fsp3) is 0.562. The number of rotatable bonds is 5. The highest BCUT2D eigenvalue weighted by molar-refractivity contribution is 7.92. The maximum absolute atomic E-state index is 12.2. The molecule has 1 heterocycles. The smallest absolute Gasteiger partial charge is 0.232 e. The molecule has 22 heavy (non-hydrogen) atoms. The molecular weight excluding hydrogens is 300 g/mol. The zero-order valence-electron chi connectivity index (χ0n) is 13.4. The molecule has 1 aromatic carbocycles. The molecule has 0 aliphatic carbocycles. The second-order valence-electron chi connectivity index (χ2n) is 5.78. The van der Waals surface area contributed by atoms with Gasteiger partial charge in [-0.15, -0.1) is 0 Å². The third-order valence-electron chi connectivity index (χ3n) is 4.19. The van der Waals surface area contributed by atoms with E-state index in [2.05, 4.69) is 5.32 Å². The summed E-state index contributed by atoms with van der Waals surface area (Å²) in [7, 11) is -3.29. The summed E-state index contributed by atoms with van der Waals surface area (Å²) in [6.07, 6.45) is 4.49. The van der Waals surface area contributed by atoms with Crippen LogP contribution in [0.3, 0.4) is 0 Å². The Morgan fingerprint density at radius 2 is 2.00 bits per heavy atom. The largest absolute Gasteiger partial charge is 0.326 e. The van der Waals surface area contributed by atoms with Crippen LogP contribution in [-0.4, -0.2) is 27.1 Å². The van der Waals surface area contributed by atoms with Gasteiger partial charge in [0.2, 0.25) is 15.9 Å². The Labute approximate surface area is 132 Å². The molecule has 0 fully saturated rings. The Morgan fingerprint density at radius 3 is 2.59 bits per heavy atom. The molecule has 0 spiro atoms. The van der Waals surface area contributed by atoms with Gasteiger partial charge in [-0.1, -0.05) is 19.9 Å². The molecule has 0 aromatic heterocycles. The van der Waals surface area contributed by atoms with E-state index in [0.717, 1.165) is 31.2 Å². The van der Waals surface area contributed by atoms with Gasteiger partial charge in [-0.3, -0.25) is 9.10 Å². The Kier molecular flexibility index (Phi) is 5.11. The molecule has 0 unspecified atom stereocenters. The lowest BCUT2D eigenvalue weighted by Gasteiger charge is -2.29. The molecule has 1 aliphatic heterocycles. The lowest BCUT2D eigenvalue weighted by Crippen LogP contribution is -2.34. The summed E-state index contributed by atoms with van der Waals surface area (Å²) in [6, 6.07) is 5.54. The van der Waals surface area contributed by atoms with Gasteiger partial charge >= 0.3 is 0 Å². The summed E-state index contributed by atoms with van der Waals surface area (Å²) in [5, 5.41) is 2.91. The molecule has 1 aromatic rings. The van der Waals surface area contributed by atoms with Crippen molar-refractivity contribution in [1.29, 1.82) is 0 Å². The van der Waals surface area contributed by atoms with Crippen LogP contribution in [0.15, 0.2) is 18.2 Å². The van der Waals surface area contributed by atoms with Crippen molar-refractivity contribution in [2.45, 2.75) is 39.5 Å². The maximum atomic E-state index is 12.2. The average molecular weight is 324 g/mol. The number of amides is 1. The first-order chi connectivity index (χ1) is 10.4. The normalized spacial score (nSPS) is 14.8. The number of hydrogen-bond donors (Lipinski definition) is 1. The maximum Gasteiger partial charge on any atom is 0.232 e. The van der Waals surface area contributed by atoms with Gasteiger partial charge in [0.25, 0.3) is 0 Å². The van der Waals surface area contributed by atoms with E-state index in [1.807, 2.05) is 26.0 Å². The topological polar surface area (TPSA) is 66.5 Å². The molecule has 0 saturated heterocycles. The highest BCUT2D eigenvalue weighted by atomic mass is 32.2. The first-order valence-corrected chi connectivity index (χ1v) is 9.63. The van der Waals surface area contributed by atoms with Crippen molar-refractivity contribution in [2.24, 2.45) is 5.92 Å². The molecule has 122 valence electrons. The van der Waals surface area contributed by atoms with Crippen LogP contribution >= 0.6 is 0 Å². The molecule has 1 amide bonds. The molecule has 1 aliphatic rings. The van der Waals surface area contributed by atoms with E-state index in [0.29, 0.717) is 17.9 Å². The molecular formula is C16H24N2O3S. The zero-order chi connectivity index (χ0) is 16.3. The Bertz CT molecular complexity index is 651. The first-order valence-electron chi connectivity index (χ1n) is 7.78. The first kappa shape index (κ1) is 16.8. The summed E-state index contributed by atoms with van der Waals surface area (Å²) in [5.74, 6) is -0.0197. The van der Waals surface area contributed by atoms with Crippen LogP contribution in [0.4, 0.5) is 11.4 Å². The monoisotopic (exact) mass is 324 g/mol. The zero-order valence-corrected chi connectivity index (χ0v) is 14.2. The molecule has 0 bridgehead atoms. The Hall–Kier alpha value is -1.56. The number of nitrogens with zero attached hydrogens (tertiary/aromatic N) is 1. The second-order valence-corrected chi connectivity index (χ2v) is 7.69. The van der Waals surface area contributed by atoms with Crippen LogP contribution in [0.1, 0.15) is 38.7 Å². The molecule has 2 rings (SSSR count). The molecule has 1 N–H and O–H groups in total. The number of hydrogen-bond acceptors (Lipinski definition) is 3. The fourth-order valence-corrected chi connectivity index (χ4v) is 3.86. The predicted molar refractivity (Wildman–Crippen MR) is 89.7 cm³/mol. The van der Waals surface area contributed by atoms with E-state index in [1.54, 1.807) is 6.07 Å². The van der Waals surface area contributed by atoms with Crippen LogP contribution in [0, 0.1) is 5.92 Å². The minimum atomic E-state index is -3.29. The van der Waals surface area contributed by atoms with E-state index in [9.17, 15) is 13.2 Å². The third-order valence-corrected chi connectivity index (χ3v) is 5.37. The predicted octanol–water partition coefficient (Wildman–Crippen LogP) is 2.77. The van der Waals surface area contributed by atoms with E-state index >= 15 is 0 Å². The molecule has 0 radical (unpaired) electrons. The van der Waals surface area contributed by atoms with Gasteiger partial charge in [0.1, 0.15) is 0 Å². The number of aryl methyl sites for hydroxylation is 1. The van der Waals surface area contributed by atoms with Gasteiger partial charge in [0.15, 0.2) is 0 Å². The van der Waals surface area contributed by atoms with Crippen molar-refractivity contribution in [3.63, 3.8) is 0 Å². The van der Waals surface area contributed by atoms with Crippen LogP contribution in [0.5, 0.6) is 0 Å². The number of fused-ring (bicyclic) bond motifs is 1. The van der Waals surface area contributed by atoms with Crippen molar-refractivity contribution in [3.05, 3.63) is 23.8 Å². The van der Waals surface area contributed by atoms with Crippen molar-refractivity contribution in [3.8, 4) is 0 Å². The lowest BCUT2D eigenvalue weighted by molar-refractivity contribution is -0.120. The fourth-order valence-electron chi connectivity index (χ4n) is 2.87. The van der Waals surface area contributed by atoms with Gasteiger partial charge in [-0.05, 0) is 43.4 Å². The Morgan fingerprint density at radius 1 is 1.32 bits per heavy atom. The van der Waals surface area contributed by atoms with Gasteiger partial charge in [0.05, 0.1) is 11.9 Å². The number of carbonyl (C=O) groups is 1. The van der Waals surface area contributed by atoms with E-state index in [4.69, 9.17) is 0 Å². The minimum Gasteiger partial charge on any atom is -0.326 e. The second kappa shape index (κ2) is 6.69. The third kappa shape index (κ3) is 3.61. The van der Waals surface area contributed by atoms with Gasteiger partial charge in [0, 0.05) is 18.2 Å². The van der Waals surface area contributed by atoms with Crippen molar-refractivity contribution < 1.29 is 13.2 Å². The van der Waals surface area contributed by atoms with Crippen LogP contribution < -0.4 is 9.62 Å². The summed E-state index contributed by atoms with van der Waals surface area (Å²) in [5.41, 5.74) is 2.36. The molecule has 5 nitrogen and oxygen atoms in total. The number of nitrogens with one attached hydrogen (secondary N) is 1. The summed E-state index contributed by atoms with van der Waals surface area (Å²) < 4.78 is 25.3. The minimum absolute atomic E-state index is 0.00772. The standard InChI is InChI=1S/C16H24N2O3S/c1-4-12(5-2)16(19)17-14-9-8-13-7-6-10-18(15(13)11-14)22(3,20)21/h8-9,11-12H,4-7,10H2,1-3H3,(H,17,19). The highest BCUT2D eigenvalue weighted by Crippen LogP contribution is 2.31. The van der Waals surface area contributed by atoms with Gasteiger partial charge in [-0.25, -0.2) is 8.42 Å². The van der Waals surface area contributed by atoms with Gasteiger partial charge < -0.3 is 5.32 Å². The quantitative estimate of drug-likeness (QED) is 0.905. The molecule has 0 atom stereocenters. The summed E-state index contributed by atoms with van der Waals surface area (Å²) in [4.78, 5) is 12.2. The Balaban J connectivity index is 2.28. The molecule has 0 saturated carbocycles. The van der Waals surface area contributed by atoms with Crippen molar-refractivity contribution in [1.82, 2.24) is 0 Å². The average Bonchev–Trinajstić information content (AvgIpc) is 2.46. The van der Waals surface area contributed by atoms with E-state index in [-0.39, 0.29) is 11.8 Å². The highest BCUT2D eigenvalue weighted by Gasteiger charge is 2.24. The van der Waals surface area contributed by atoms with Crippen molar-refractivity contribution in [2.75, 3.05) is 22.4 Å². The molecule has 6 heteroatoms. The van der Waals surface area contributed by atoms with E-state index in [1.165, 1.54) is 10.6 Å². The van der Waals surface area contributed by atoms with Crippen LogP contribution in [0.25, 0.3) is 0 Å². The van der Waals surface area contributed by atoms with Gasteiger partial charge in [-0.2, -0.15) is 0 Å². The summed E-state index contributed by atoms with van der Waals surface area (Å²) in [6.45, 7) is 4.48. The lowest BCUT2D eigenvalue weighted by atomic mass is 10.0. The number of anilines is 2. The number of carbonyl (C=O) groups excluding carboxylic acids is 1. The van der Waals surface area contributed by atoms with Crippen molar-refractivity contribution >= 4 is 27.3 Å². The summed E-state index contributed by atoms with van der Waals surface area (Å²) >= 11 is 0.